The fourth-order valence-electron chi connectivity index (χ4n) is 1.86. The zero-order valence-electron chi connectivity index (χ0n) is 8.90. The Morgan fingerprint density at radius 3 is 2.71 bits per heavy atom. The molecule has 0 saturated carbocycles. The predicted octanol–water partition coefficient (Wildman–Crippen LogP) is 0.724. The Kier molecular flexibility index (Phi) is 3.89. The molecule has 1 fully saturated rings. The van der Waals surface area contributed by atoms with Crippen LogP contribution in [-0.2, 0) is 14.3 Å². The third-order valence-corrected chi connectivity index (χ3v) is 2.73. The van der Waals surface area contributed by atoms with Crippen molar-refractivity contribution in [2.24, 2.45) is 5.92 Å². The van der Waals surface area contributed by atoms with Gasteiger partial charge in [-0.25, -0.2) is 0 Å². The van der Waals surface area contributed by atoms with Gasteiger partial charge in [-0.1, -0.05) is 6.92 Å². The number of aliphatic hydroxyl groups excluding tert-OH is 1. The van der Waals surface area contributed by atoms with Crippen LogP contribution in [0.15, 0.2) is 0 Å². The van der Waals surface area contributed by atoms with Gasteiger partial charge in [0.15, 0.2) is 0 Å². The lowest BCUT2D eigenvalue weighted by atomic mass is 9.90. The minimum atomic E-state index is -0.427. The lowest BCUT2D eigenvalue weighted by Crippen LogP contribution is -2.43. The van der Waals surface area contributed by atoms with Crippen LogP contribution in [0.25, 0.3) is 0 Å². The summed E-state index contributed by atoms with van der Waals surface area (Å²) >= 11 is 0. The topological polar surface area (TPSA) is 55.8 Å². The van der Waals surface area contributed by atoms with Crippen LogP contribution >= 0.6 is 0 Å². The molecule has 2 unspecified atom stereocenters. The zero-order valence-corrected chi connectivity index (χ0v) is 8.90. The van der Waals surface area contributed by atoms with Gasteiger partial charge in [-0.15, -0.1) is 0 Å². The van der Waals surface area contributed by atoms with E-state index in [1.807, 2.05) is 13.8 Å². The summed E-state index contributed by atoms with van der Waals surface area (Å²) in [6, 6.07) is 0. The van der Waals surface area contributed by atoms with Gasteiger partial charge in [0.25, 0.3) is 0 Å². The summed E-state index contributed by atoms with van der Waals surface area (Å²) in [6.45, 7) is 3.79. The van der Waals surface area contributed by atoms with Gasteiger partial charge < -0.3 is 14.6 Å². The first kappa shape index (κ1) is 11.5. The van der Waals surface area contributed by atoms with E-state index >= 15 is 0 Å². The minimum absolute atomic E-state index is 0.115. The average molecular weight is 202 g/mol. The summed E-state index contributed by atoms with van der Waals surface area (Å²) in [5.74, 6) is -0.0841. The van der Waals surface area contributed by atoms with E-state index in [1.165, 1.54) is 7.11 Å². The number of hydrogen-bond acceptors (Lipinski definition) is 4. The maximum Gasteiger partial charge on any atom is 0.308 e. The van der Waals surface area contributed by atoms with Crippen LogP contribution in [0.1, 0.15) is 26.7 Å². The predicted molar refractivity (Wildman–Crippen MR) is 50.8 cm³/mol. The number of rotatable bonds is 2. The summed E-state index contributed by atoms with van der Waals surface area (Å²) in [6.07, 6.45) is 0.242. The summed E-state index contributed by atoms with van der Waals surface area (Å²) in [5.41, 5.74) is 0. The lowest BCUT2D eigenvalue weighted by molar-refractivity contribution is -0.158. The smallest absolute Gasteiger partial charge is 0.308 e. The van der Waals surface area contributed by atoms with Gasteiger partial charge in [0.05, 0.1) is 31.8 Å². The fraction of sp³-hybridized carbons (Fsp3) is 0.900. The first-order valence-electron chi connectivity index (χ1n) is 4.95. The number of methoxy groups -OCH3 is 1. The average Bonchev–Trinajstić information content (AvgIpc) is 2.14. The highest BCUT2D eigenvalue weighted by atomic mass is 16.5. The summed E-state index contributed by atoms with van der Waals surface area (Å²) < 4.78 is 10.1. The summed E-state index contributed by atoms with van der Waals surface area (Å²) in [4.78, 5) is 11.0. The largest absolute Gasteiger partial charge is 0.469 e. The Labute approximate surface area is 84.2 Å². The molecular formula is C10H18O4. The van der Waals surface area contributed by atoms with E-state index in [4.69, 9.17) is 4.74 Å². The van der Waals surface area contributed by atoms with E-state index in [2.05, 4.69) is 4.74 Å². The summed E-state index contributed by atoms with van der Waals surface area (Å²) in [5, 5.41) is 9.61. The molecular weight excluding hydrogens is 184 g/mol. The van der Waals surface area contributed by atoms with E-state index < -0.39 is 6.10 Å². The molecule has 4 heteroatoms. The Balaban J connectivity index is 2.45. The van der Waals surface area contributed by atoms with Gasteiger partial charge in [0.1, 0.15) is 0 Å². The van der Waals surface area contributed by atoms with Crippen molar-refractivity contribution in [3.05, 3.63) is 0 Å². The highest BCUT2D eigenvalue weighted by Crippen LogP contribution is 2.26. The van der Waals surface area contributed by atoms with Crippen LogP contribution in [0, 0.1) is 5.92 Å². The van der Waals surface area contributed by atoms with Gasteiger partial charge in [-0.05, 0) is 19.3 Å². The second-order valence-electron chi connectivity index (χ2n) is 3.95. The van der Waals surface area contributed by atoms with Gasteiger partial charge >= 0.3 is 5.97 Å². The highest BCUT2D eigenvalue weighted by molar-refractivity contribution is 5.69. The third-order valence-electron chi connectivity index (χ3n) is 2.73. The van der Waals surface area contributed by atoms with Crippen molar-refractivity contribution in [2.75, 3.05) is 7.11 Å². The van der Waals surface area contributed by atoms with Gasteiger partial charge in [0, 0.05) is 0 Å². The van der Waals surface area contributed by atoms with Crippen molar-refractivity contribution in [3.63, 3.8) is 0 Å². The van der Waals surface area contributed by atoms with E-state index in [9.17, 15) is 9.90 Å². The molecule has 0 amide bonds. The van der Waals surface area contributed by atoms with E-state index in [-0.39, 0.29) is 30.5 Å². The van der Waals surface area contributed by atoms with Crippen molar-refractivity contribution >= 4 is 5.97 Å². The molecule has 0 aromatic heterocycles. The van der Waals surface area contributed by atoms with Crippen LogP contribution in [-0.4, -0.2) is 36.5 Å². The van der Waals surface area contributed by atoms with Crippen molar-refractivity contribution in [3.8, 4) is 0 Å². The molecule has 0 spiro atoms. The molecule has 1 saturated heterocycles. The first-order valence-corrected chi connectivity index (χ1v) is 4.95. The number of ether oxygens (including phenoxy) is 2. The lowest BCUT2D eigenvalue weighted by Gasteiger charge is -2.36. The first-order chi connectivity index (χ1) is 6.54. The highest BCUT2D eigenvalue weighted by Gasteiger charge is 2.33. The molecule has 14 heavy (non-hydrogen) atoms. The Morgan fingerprint density at radius 1 is 1.57 bits per heavy atom. The summed E-state index contributed by atoms with van der Waals surface area (Å²) in [7, 11) is 1.37. The van der Waals surface area contributed by atoms with Crippen LogP contribution in [0.3, 0.4) is 0 Å². The number of hydrogen-bond donors (Lipinski definition) is 1. The SMILES string of the molecule is COC(=O)C[C@@H]1CC(C)[C@H](O)C(C)O1. The van der Waals surface area contributed by atoms with Gasteiger partial charge in [-0.3, -0.25) is 4.79 Å². The molecule has 0 aromatic carbocycles. The van der Waals surface area contributed by atoms with E-state index in [0.717, 1.165) is 0 Å². The molecule has 1 heterocycles. The molecule has 4 atom stereocenters. The van der Waals surface area contributed by atoms with Gasteiger partial charge in [0.2, 0.25) is 0 Å². The second-order valence-corrected chi connectivity index (χ2v) is 3.95. The standard InChI is InChI=1S/C10H18O4/c1-6-4-8(5-9(11)13-3)14-7(2)10(6)12/h6-8,10,12H,4-5H2,1-3H3/t6?,7?,8-,10-/m0/s1. The molecule has 1 aliphatic heterocycles. The Morgan fingerprint density at radius 2 is 2.21 bits per heavy atom. The number of aliphatic hydroxyl groups is 1. The van der Waals surface area contributed by atoms with Crippen LogP contribution in [0.5, 0.6) is 0 Å². The number of esters is 1. The maximum atomic E-state index is 11.0. The molecule has 82 valence electrons. The minimum Gasteiger partial charge on any atom is -0.469 e. The normalized spacial score (nSPS) is 38.0. The van der Waals surface area contributed by atoms with Crippen molar-refractivity contribution < 1.29 is 19.4 Å². The molecule has 1 aliphatic rings. The van der Waals surface area contributed by atoms with Gasteiger partial charge in [-0.2, -0.15) is 0 Å². The fourth-order valence-corrected chi connectivity index (χ4v) is 1.86. The third kappa shape index (κ3) is 2.69. The number of carbonyl (C=O) groups is 1. The maximum absolute atomic E-state index is 11.0. The zero-order chi connectivity index (χ0) is 10.7. The molecule has 0 aromatic rings. The number of carbonyl (C=O) groups excluding carboxylic acids is 1. The van der Waals surface area contributed by atoms with Crippen LogP contribution in [0.2, 0.25) is 0 Å². The second kappa shape index (κ2) is 4.75. The Bertz CT molecular complexity index is 192. The van der Waals surface area contributed by atoms with Crippen LogP contribution < -0.4 is 0 Å². The molecule has 0 radical (unpaired) electrons. The van der Waals surface area contributed by atoms with E-state index in [1.54, 1.807) is 0 Å². The molecule has 1 N–H and O–H groups in total. The molecule has 0 bridgehead atoms. The molecule has 4 nitrogen and oxygen atoms in total. The van der Waals surface area contributed by atoms with Crippen molar-refractivity contribution in [1.82, 2.24) is 0 Å². The molecule has 1 rings (SSSR count). The Hall–Kier alpha value is -0.610. The quantitative estimate of drug-likeness (QED) is 0.670. The van der Waals surface area contributed by atoms with E-state index in [0.29, 0.717) is 6.42 Å². The van der Waals surface area contributed by atoms with Crippen molar-refractivity contribution in [2.45, 2.75) is 45.0 Å². The van der Waals surface area contributed by atoms with Crippen LogP contribution in [0.4, 0.5) is 0 Å². The molecule has 0 aliphatic carbocycles. The van der Waals surface area contributed by atoms with Crippen molar-refractivity contribution in [1.29, 1.82) is 0 Å². The monoisotopic (exact) mass is 202 g/mol.